The highest BCUT2D eigenvalue weighted by Gasteiger charge is 2.16. The highest BCUT2D eigenvalue weighted by Crippen LogP contribution is 2.33. The van der Waals surface area contributed by atoms with Gasteiger partial charge < -0.3 is 15.5 Å². The SMILES string of the molecule is O=C(Nc1ccccc1F)Nc1ccc(N2CCCCC2)c2ccncc12. The fraction of sp³-hybridized carbons (Fsp3) is 0.238. The van der Waals surface area contributed by atoms with Crippen molar-refractivity contribution < 1.29 is 9.18 Å². The molecule has 0 bridgehead atoms. The van der Waals surface area contributed by atoms with Crippen molar-refractivity contribution >= 4 is 33.9 Å². The first-order chi connectivity index (χ1) is 13.2. The molecule has 2 aromatic carbocycles. The van der Waals surface area contributed by atoms with Crippen LogP contribution in [0.15, 0.2) is 54.9 Å². The Morgan fingerprint density at radius 2 is 1.70 bits per heavy atom. The van der Waals surface area contributed by atoms with Crippen molar-refractivity contribution in [2.75, 3.05) is 28.6 Å². The zero-order chi connectivity index (χ0) is 18.6. The molecule has 6 heteroatoms. The summed E-state index contributed by atoms with van der Waals surface area (Å²) in [5, 5.41) is 7.28. The first-order valence-electron chi connectivity index (χ1n) is 9.16. The number of fused-ring (bicyclic) bond motifs is 1. The summed E-state index contributed by atoms with van der Waals surface area (Å²) in [5.41, 5.74) is 1.95. The summed E-state index contributed by atoms with van der Waals surface area (Å²) in [6, 6.07) is 11.5. The number of amides is 2. The van der Waals surface area contributed by atoms with Crippen LogP contribution in [0.25, 0.3) is 10.8 Å². The van der Waals surface area contributed by atoms with Crippen molar-refractivity contribution in [1.82, 2.24) is 4.98 Å². The molecular formula is C21H21FN4O. The number of carbonyl (C=O) groups excluding carboxylic acids is 1. The molecule has 27 heavy (non-hydrogen) atoms. The second-order valence-corrected chi connectivity index (χ2v) is 6.66. The fourth-order valence-electron chi connectivity index (χ4n) is 3.53. The molecule has 0 aliphatic carbocycles. The minimum Gasteiger partial charge on any atom is -0.371 e. The molecule has 0 saturated carbocycles. The van der Waals surface area contributed by atoms with Gasteiger partial charge in [0.05, 0.1) is 11.4 Å². The number of urea groups is 1. The quantitative estimate of drug-likeness (QED) is 0.687. The second-order valence-electron chi connectivity index (χ2n) is 6.66. The van der Waals surface area contributed by atoms with E-state index in [9.17, 15) is 9.18 Å². The van der Waals surface area contributed by atoms with Gasteiger partial charge >= 0.3 is 6.03 Å². The number of nitrogens with zero attached hydrogens (tertiary/aromatic N) is 2. The van der Waals surface area contributed by atoms with E-state index in [1.807, 2.05) is 18.2 Å². The Kier molecular flexibility index (Phi) is 4.87. The first-order valence-corrected chi connectivity index (χ1v) is 9.16. The van der Waals surface area contributed by atoms with Crippen molar-refractivity contribution in [2.45, 2.75) is 19.3 Å². The zero-order valence-corrected chi connectivity index (χ0v) is 14.9. The third kappa shape index (κ3) is 3.69. The number of hydrogen-bond acceptors (Lipinski definition) is 3. The molecule has 138 valence electrons. The standard InChI is InChI=1S/C21H21FN4O/c22-17-6-2-3-7-19(17)25-21(27)24-18-8-9-20(26-12-4-1-5-13-26)15-10-11-23-14-16(15)18/h2-3,6-11,14H,1,4-5,12-13H2,(H2,24,25,27). The van der Waals surface area contributed by atoms with E-state index in [0.29, 0.717) is 5.69 Å². The van der Waals surface area contributed by atoms with Gasteiger partial charge in [-0.25, -0.2) is 9.18 Å². The molecule has 3 aromatic rings. The third-order valence-corrected chi connectivity index (χ3v) is 4.86. The number of nitrogens with one attached hydrogen (secondary N) is 2. The summed E-state index contributed by atoms with van der Waals surface area (Å²) >= 11 is 0. The molecule has 2 heterocycles. The van der Waals surface area contributed by atoms with Crippen molar-refractivity contribution in [3.8, 4) is 0 Å². The van der Waals surface area contributed by atoms with E-state index in [-0.39, 0.29) is 5.69 Å². The zero-order valence-electron chi connectivity index (χ0n) is 14.9. The molecule has 1 aliphatic rings. The Balaban J connectivity index is 1.61. The number of halogens is 1. The van der Waals surface area contributed by atoms with Crippen molar-refractivity contribution in [2.24, 2.45) is 0 Å². The minimum absolute atomic E-state index is 0.141. The lowest BCUT2D eigenvalue weighted by molar-refractivity contribution is 0.262. The van der Waals surface area contributed by atoms with Gasteiger partial charge in [0.15, 0.2) is 0 Å². The Bertz CT molecular complexity index is 969. The summed E-state index contributed by atoms with van der Waals surface area (Å²) in [6.07, 6.45) is 7.17. The predicted octanol–water partition coefficient (Wildman–Crippen LogP) is 5.01. The summed E-state index contributed by atoms with van der Waals surface area (Å²) in [4.78, 5) is 18.9. The lowest BCUT2D eigenvalue weighted by Crippen LogP contribution is -2.29. The van der Waals surface area contributed by atoms with Gasteiger partial charge in [-0.3, -0.25) is 4.98 Å². The van der Waals surface area contributed by atoms with E-state index in [2.05, 4.69) is 20.5 Å². The normalized spacial score (nSPS) is 14.2. The van der Waals surface area contributed by atoms with E-state index in [1.54, 1.807) is 24.5 Å². The van der Waals surface area contributed by atoms with E-state index >= 15 is 0 Å². The molecule has 0 spiro atoms. The van der Waals surface area contributed by atoms with Crippen molar-refractivity contribution in [3.63, 3.8) is 0 Å². The van der Waals surface area contributed by atoms with Crippen LogP contribution >= 0.6 is 0 Å². The maximum atomic E-state index is 13.7. The molecule has 2 N–H and O–H groups in total. The third-order valence-electron chi connectivity index (χ3n) is 4.86. The van der Waals surface area contributed by atoms with Crippen LogP contribution in [0, 0.1) is 5.82 Å². The summed E-state index contributed by atoms with van der Waals surface area (Å²) in [7, 11) is 0. The summed E-state index contributed by atoms with van der Waals surface area (Å²) in [5.74, 6) is -0.473. The fourth-order valence-corrected chi connectivity index (χ4v) is 3.53. The van der Waals surface area contributed by atoms with Gasteiger partial charge in [0.25, 0.3) is 0 Å². The van der Waals surface area contributed by atoms with Crippen LogP contribution in [-0.2, 0) is 0 Å². The van der Waals surface area contributed by atoms with Crippen molar-refractivity contribution in [1.29, 1.82) is 0 Å². The van der Waals surface area contributed by atoms with Gasteiger partial charge in [-0.05, 0) is 49.6 Å². The Hall–Kier alpha value is -3.15. The summed E-state index contributed by atoms with van der Waals surface area (Å²) in [6.45, 7) is 2.08. The van der Waals surface area contributed by atoms with E-state index < -0.39 is 11.8 Å². The second kappa shape index (κ2) is 7.61. The Labute approximate surface area is 157 Å². The number of aromatic nitrogens is 1. The van der Waals surface area contributed by atoms with Crippen LogP contribution in [0.2, 0.25) is 0 Å². The summed E-state index contributed by atoms with van der Waals surface area (Å²) < 4.78 is 13.7. The lowest BCUT2D eigenvalue weighted by atomic mass is 10.1. The number of carbonyl (C=O) groups is 1. The van der Waals surface area contributed by atoms with Gasteiger partial charge in [0, 0.05) is 41.9 Å². The van der Waals surface area contributed by atoms with E-state index in [4.69, 9.17) is 0 Å². The van der Waals surface area contributed by atoms with Gasteiger partial charge in [0.1, 0.15) is 5.82 Å². The van der Waals surface area contributed by atoms with Crippen LogP contribution in [0.1, 0.15) is 19.3 Å². The largest absolute Gasteiger partial charge is 0.371 e. The monoisotopic (exact) mass is 364 g/mol. The average Bonchev–Trinajstić information content (AvgIpc) is 2.71. The molecule has 0 unspecified atom stereocenters. The number of anilines is 3. The van der Waals surface area contributed by atoms with Crippen LogP contribution in [0.3, 0.4) is 0 Å². The number of pyridine rings is 1. The lowest BCUT2D eigenvalue weighted by Gasteiger charge is -2.30. The number of hydrogen-bond donors (Lipinski definition) is 2. The molecular weight excluding hydrogens is 343 g/mol. The van der Waals surface area contributed by atoms with Crippen LogP contribution in [0.5, 0.6) is 0 Å². The Morgan fingerprint density at radius 3 is 2.52 bits per heavy atom. The molecule has 1 fully saturated rings. The van der Waals surface area contributed by atoms with Crippen LogP contribution < -0.4 is 15.5 Å². The molecule has 2 amide bonds. The molecule has 1 saturated heterocycles. The maximum Gasteiger partial charge on any atom is 0.323 e. The highest BCUT2D eigenvalue weighted by molar-refractivity contribution is 6.09. The molecule has 4 rings (SSSR count). The smallest absolute Gasteiger partial charge is 0.323 e. The van der Waals surface area contributed by atoms with E-state index in [0.717, 1.165) is 29.5 Å². The minimum atomic E-state index is -0.490. The van der Waals surface area contributed by atoms with Crippen LogP contribution in [-0.4, -0.2) is 24.1 Å². The number of rotatable bonds is 3. The topological polar surface area (TPSA) is 57.3 Å². The molecule has 0 atom stereocenters. The van der Waals surface area contributed by atoms with Gasteiger partial charge in [-0.2, -0.15) is 0 Å². The molecule has 5 nitrogen and oxygen atoms in total. The Morgan fingerprint density at radius 1 is 0.926 bits per heavy atom. The van der Waals surface area contributed by atoms with E-state index in [1.165, 1.54) is 31.4 Å². The molecule has 0 radical (unpaired) electrons. The number of piperidine rings is 1. The van der Waals surface area contributed by atoms with Gasteiger partial charge in [0.2, 0.25) is 0 Å². The van der Waals surface area contributed by atoms with Crippen molar-refractivity contribution in [3.05, 3.63) is 60.7 Å². The van der Waals surface area contributed by atoms with Gasteiger partial charge in [-0.15, -0.1) is 0 Å². The maximum absolute atomic E-state index is 13.7. The molecule has 1 aliphatic heterocycles. The predicted molar refractivity (Wildman–Crippen MR) is 107 cm³/mol. The average molecular weight is 364 g/mol. The number of para-hydroxylation sites is 1. The van der Waals surface area contributed by atoms with Gasteiger partial charge in [-0.1, -0.05) is 12.1 Å². The number of benzene rings is 2. The highest BCUT2D eigenvalue weighted by atomic mass is 19.1. The first kappa shape index (κ1) is 17.3. The van der Waals surface area contributed by atoms with Crippen LogP contribution in [0.4, 0.5) is 26.2 Å². The molecule has 1 aromatic heterocycles.